The van der Waals surface area contributed by atoms with E-state index in [1.807, 2.05) is 48.2 Å². The van der Waals surface area contributed by atoms with Gasteiger partial charge in [0, 0.05) is 36.3 Å². The average Bonchev–Trinajstić information content (AvgIpc) is 2.65. The number of ether oxygens (including phenoxy) is 1. The number of carbonyl (C=O) groups excluding carboxylic acids is 1. The number of urea groups is 1. The van der Waals surface area contributed by atoms with Crippen LogP contribution >= 0.6 is 15.9 Å². The van der Waals surface area contributed by atoms with Gasteiger partial charge in [-0.05, 0) is 36.8 Å². The van der Waals surface area contributed by atoms with Crippen LogP contribution in [0.5, 0.6) is 5.75 Å². The number of aryl methyl sites for hydroxylation is 1. The van der Waals surface area contributed by atoms with Crippen LogP contribution < -0.4 is 15.0 Å². The van der Waals surface area contributed by atoms with Crippen molar-refractivity contribution in [3.63, 3.8) is 0 Å². The predicted molar refractivity (Wildman–Crippen MR) is 105 cm³/mol. The zero-order valence-electron chi connectivity index (χ0n) is 14.5. The van der Waals surface area contributed by atoms with E-state index in [0.29, 0.717) is 13.1 Å². The topological polar surface area (TPSA) is 44.8 Å². The third-order valence-corrected chi connectivity index (χ3v) is 5.27. The number of nitrogens with zero attached hydrogens (tertiary/aromatic N) is 2. The summed E-state index contributed by atoms with van der Waals surface area (Å²) in [7, 11) is 1.68. The van der Waals surface area contributed by atoms with Crippen molar-refractivity contribution in [2.75, 3.05) is 43.5 Å². The quantitative estimate of drug-likeness (QED) is 0.837. The fraction of sp³-hybridized carbons (Fsp3) is 0.316. The van der Waals surface area contributed by atoms with E-state index in [-0.39, 0.29) is 6.03 Å². The molecule has 0 aromatic heterocycles. The number of rotatable bonds is 3. The Morgan fingerprint density at radius 2 is 1.84 bits per heavy atom. The molecular formula is C19H22BrN3O2. The summed E-state index contributed by atoms with van der Waals surface area (Å²) < 4.78 is 6.43. The Balaban J connectivity index is 1.60. The second kappa shape index (κ2) is 7.78. The first kappa shape index (κ1) is 17.6. The Bertz CT molecular complexity index is 758. The maximum absolute atomic E-state index is 12.5. The molecule has 1 N–H and O–H groups in total. The number of anilines is 2. The second-order valence-electron chi connectivity index (χ2n) is 6.04. The molecule has 2 aromatic carbocycles. The van der Waals surface area contributed by atoms with Crippen LogP contribution in [0.4, 0.5) is 16.2 Å². The molecule has 25 heavy (non-hydrogen) atoms. The van der Waals surface area contributed by atoms with Gasteiger partial charge in [-0.25, -0.2) is 4.79 Å². The molecule has 0 aliphatic carbocycles. The van der Waals surface area contributed by atoms with Gasteiger partial charge in [0.05, 0.1) is 12.8 Å². The molecule has 0 unspecified atom stereocenters. The smallest absolute Gasteiger partial charge is 0.321 e. The van der Waals surface area contributed by atoms with Crippen LogP contribution in [0.2, 0.25) is 0 Å². The number of nitrogens with one attached hydrogen (secondary N) is 1. The molecule has 0 bridgehead atoms. The molecule has 6 heteroatoms. The van der Waals surface area contributed by atoms with Crippen molar-refractivity contribution >= 4 is 33.3 Å². The first-order valence-electron chi connectivity index (χ1n) is 8.28. The van der Waals surface area contributed by atoms with Crippen LogP contribution in [0.3, 0.4) is 0 Å². The van der Waals surface area contributed by atoms with Gasteiger partial charge >= 0.3 is 6.03 Å². The van der Waals surface area contributed by atoms with E-state index in [2.05, 4.69) is 32.2 Å². The van der Waals surface area contributed by atoms with Gasteiger partial charge in [0.1, 0.15) is 5.75 Å². The lowest BCUT2D eigenvalue weighted by molar-refractivity contribution is 0.208. The molecule has 0 atom stereocenters. The lowest BCUT2D eigenvalue weighted by Crippen LogP contribution is -2.50. The van der Waals surface area contributed by atoms with Crippen molar-refractivity contribution in [1.29, 1.82) is 0 Å². The molecule has 2 amide bonds. The third kappa shape index (κ3) is 4.07. The number of para-hydroxylation sites is 2. The number of halogens is 1. The van der Waals surface area contributed by atoms with Gasteiger partial charge < -0.3 is 19.9 Å². The molecule has 3 rings (SSSR count). The molecule has 0 spiro atoms. The largest absolute Gasteiger partial charge is 0.495 e. The maximum Gasteiger partial charge on any atom is 0.321 e. The minimum atomic E-state index is -0.0598. The zero-order chi connectivity index (χ0) is 17.8. The van der Waals surface area contributed by atoms with Crippen molar-refractivity contribution < 1.29 is 9.53 Å². The summed E-state index contributed by atoms with van der Waals surface area (Å²) in [4.78, 5) is 16.6. The Labute approximate surface area is 156 Å². The van der Waals surface area contributed by atoms with Crippen LogP contribution in [-0.2, 0) is 0 Å². The molecule has 0 radical (unpaired) electrons. The third-order valence-electron chi connectivity index (χ3n) is 4.42. The molecule has 132 valence electrons. The molecule has 1 heterocycles. The van der Waals surface area contributed by atoms with Crippen LogP contribution in [0.25, 0.3) is 0 Å². The average molecular weight is 404 g/mol. The second-order valence-corrected chi connectivity index (χ2v) is 6.89. The highest BCUT2D eigenvalue weighted by Crippen LogP contribution is 2.28. The van der Waals surface area contributed by atoms with E-state index in [0.717, 1.165) is 40.2 Å². The summed E-state index contributed by atoms with van der Waals surface area (Å²) in [6.45, 7) is 4.94. The normalized spacial score (nSPS) is 14.4. The summed E-state index contributed by atoms with van der Waals surface area (Å²) in [5.41, 5.74) is 3.02. The number of benzene rings is 2. The predicted octanol–water partition coefficient (Wildman–Crippen LogP) is 4.12. The van der Waals surface area contributed by atoms with Crippen molar-refractivity contribution in [2.24, 2.45) is 0 Å². The Kier molecular flexibility index (Phi) is 5.48. The van der Waals surface area contributed by atoms with E-state index < -0.39 is 0 Å². The number of carbonyl (C=O) groups is 1. The fourth-order valence-corrected chi connectivity index (χ4v) is 3.29. The van der Waals surface area contributed by atoms with Gasteiger partial charge in [-0.2, -0.15) is 0 Å². The van der Waals surface area contributed by atoms with Crippen LogP contribution in [0.15, 0.2) is 46.9 Å². The first-order valence-corrected chi connectivity index (χ1v) is 9.08. The molecule has 0 saturated carbocycles. The van der Waals surface area contributed by atoms with Gasteiger partial charge in [0.2, 0.25) is 0 Å². The zero-order valence-corrected chi connectivity index (χ0v) is 16.0. The Hall–Kier alpha value is -2.21. The highest BCUT2D eigenvalue weighted by Gasteiger charge is 2.22. The molecule has 5 nitrogen and oxygen atoms in total. The molecule has 1 aliphatic heterocycles. The van der Waals surface area contributed by atoms with Crippen molar-refractivity contribution in [3.8, 4) is 5.75 Å². The number of hydrogen-bond acceptors (Lipinski definition) is 3. The van der Waals surface area contributed by atoms with Crippen LogP contribution in [-0.4, -0.2) is 44.2 Å². The molecule has 1 fully saturated rings. The van der Waals surface area contributed by atoms with Crippen LogP contribution in [0.1, 0.15) is 5.56 Å². The minimum absolute atomic E-state index is 0.0598. The molecular weight excluding hydrogens is 382 g/mol. The first-order chi connectivity index (χ1) is 12.1. The monoisotopic (exact) mass is 403 g/mol. The van der Waals surface area contributed by atoms with Crippen molar-refractivity contribution in [1.82, 2.24) is 4.90 Å². The van der Waals surface area contributed by atoms with Gasteiger partial charge in [0.25, 0.3) is 0 Å². The maximum atomic E-state index is 12.5. The lowest BCUT2D eigenvalue weighted by Gasteiger charge is -2.36. The van der Waals surface area contributed by atoms with Crippen LogP contribution in [0, 0.1) is 6.92 Å². The standard InChI is InChI=1S/C19H22BrN3O2/c1-14-7-8-15(13-16(14)20)21-19(24)23-11-9-22(10-12-23)17-5-3-4-6-18(17)25-2/h3-8,13H,9-12H2,1-2H3,(H,21,24). The van der Waals surface area contributed by atoms with Crippen molar-refractivity contribution in [3.05, 3.63) is 52.5 Å². The molecule has 1 aliphatic rings. The summed E-state index contributed by atoms with van der Waals surface area (Å²) in [5, 5.41) is 2.97. The number of piperazine rings is 1. The van der Waals surface area contributed by atoms with Gasteiger partial charge in [-0.1, -0.05) is 34.1 Å². The summed E-state index contributed by atoms with van der Waals surface area (Å²) in [5.74, 6) is 0.866. The summed E-state index contributed by atoms with van der Waals surface area (Å²) in [6.07, 6.45) is 0. The minimum Gasteiger partial charge on any atom is -0.495 e. The Morgan fingerprint density at radius 3 is 2.52 bits per heavy atom. The number of amides is 2. The van der Waals surface area contributed by atoms with Gasteiger partial charge in [-0.15, -0.1) is 0 Å². The van der Waals surface area contributed by atoms with Crippen molar-refractivity contribution in [2.45, 2.75) is 6.92 Å². The van der Waals surface area contributed by atoms with E-state index in [4.69, 9.17) is 4.74 Å². The van der Waals surface area contributed by atoms with E-state index in [1.165, 1.54) is 0 Å². The molecule has 1 saturated heterocycles. The van der Waals surface area contributed by atoms with Gasteiger partial charge in [0.15, 0.2) is 0 Å². The van der Waals surface area contributed by atoms with E-state index in [9.17, 15) is 4.79 Å². The SMILES string of the molecule is COc1ccccc1N1CCN(C(=O)Nc2ccc(C)c(Br)c2)CC1. The number of hydrogen-bond donors (Lipinski definition) is 1. The molecule has 2 aromatic rings. The van der Waals surface area contributed by atoms with E-state index >= 15 is 0 Å². The highest BCUT2D eigenvalue weighted by atomic mass is 79.9. The van der Waals surface area contributed by atoms with E-state index in [1.54, 1.807) is 7.11 Å². The van der Waals surface area contributed by atoms with Gasteiger partial charge in [-0.3, -0.25) is 0 Å². The Morgan fingerprint density at radius 1 is 1.12 bits per heavy atom. The summed E-state index contributed by atoms with van der Waals surface area (Å²) >= 11 is 3.50. The lowest BCUT2D eigenvalue weighted by atomic mass is 10.2. The fourth-order valence-electron chi connectivity index (χ4n) is 2.91. The number of methoxy groups -OCH3 is 1. The highest BCUT2D eigenvalue weighted by molar-refractivity contribution is 9.10. The summed E-state index contributed by atoms with van der Waals surface area (Å²) in [6, 6.07) is 13.8.